The average Bonchev–Trinajstić information content (AvgIpc) is 2.84. The van der Waals surface area contributed by atoms with E-state index in [1.165, 1.54) is 31.4 Å². The number of alkyl halides is 8. The van der Waals surface area contributed by atoms with Crippen LogP contribution in [0.2, 0.25) is 0 Å². The third-order valence-corrected chi connectivity index (χ3v) is 5.19. The van der Waals surface area contributed by atoms with Crippen molar-refractivity contribution in [2.45, 2.75) is 69.8 Å². The van der Waals surface area contributed by atoms with E-state index in [4.69, 9.17) is 9.47 Å². The first kappa shape index (κ1) is 30.2. The summed E-state index contributed by atoms with van der Waals surface area (Å²) in [7, 11) is 0. The fourth-order valence-corrected chi connectivity index (χ4v) is 3.04. The molecular formula is C25H26F8O4. The average molecular weight is 542 g/mol. The second-order valence-electron chi connectivity index (χ2n) is 8.13. The summed E-state index contributed by atoms with van der Waals surface area (Å²) >= 11 is 0. The van der Waals surface area contributed by atoms with Gasteiger partial charge in [-0.05, 0) is 55.0 Å². The van der Waals surface area contributed by atoms with Crippen LogP contribution in [0, 0.1) is 0 Å². The zero-order chi connectivity index (χ0) is 27.7. The van der Waals surface area contributed by atoms with Gasteiger partial charge in [0.05, 0.1) is 12.2 Å². The molecule has 2 aromatic carbocycles. The van der Waals surface area contributed by atoms with Crippen LogP contribution in [-0.2, 0) is 0 Å². The van der Waals surface area contributed by atoms with Gasteiger partial charge in [-0.15, -0.1) is 0 Å². The first-order valence-corrected chi connectivity index (χ1v) is 11.5. The molecule has 0 N–H and O–H groups in total. The number of carbonyl (C=O) groups is 1. The summed E-state index contributed by atoms with van der Waals surface area (Å²) in [5, 5.41) is 0. The molecule has 0 saturated heterocycles. The van der Waals surface area contributed by atoms with Gasteiger partial charge in [-0.3, -0.25) is 0 Å². The molecule has 1 unspecified atom stereocenters. The van der Waals surface area contributed by atoms with Crippen molar-refractivity contribution in [2.75, 3.05) is 6.61 Å². The van der Waals surface area contributed by atoms with Gasteiger partial charge in [-0.2, -0.15) is 35.1 Å². The van der Waals surface area contributed by atoms with E-state index in [1.807, 2.05) is 0 Å². The van der Waals surface area contributed by atoms with Gasteiger partial charge in [0.1, 0.15) is 17.2 Å². The Hall–Kier alpha value is -3.05. The molecule has 0 saturated carbocycles. The van der Waals surface area contributed by atoms with Crippen molar-refractivity contribution in [3.05, 3.63) is 54.1 Å². The highest BCUT2D eigenvalue weighted by atomic mass is 19.4. The molecule has 2 aromatic rings. The van der Waals surface area contributed by atoms with E-state index in [0.717, 1.165) is 43.5 Å². The Labute approximate surface area is 208 Å². The van der Waals surface area contributed by atoms with Gasteiger partial charge in [0, 0.05) is 0 Å². The normalized spacial score (nSPS) is 13.2. The zero-order valence-corrected chi connectivity index (χ0v) is 19.8. The maximum Gasteiger partial charge on any atom is 0.460 e. The van der Waals surface area contributed by atoms with E-state index in [1.54, 1.807) is 12.1 Å². The number of hydrogen-bond donors (Lipinski definition) is 0. The molecule has 0 radical (unpaired) electrons. The van der Waals surface area contributed by atoms with Crippen LogP contribution < -0.4 is 14.2 Å². The third-order valence-electron chi connectivity index (χ3n) is 5.19. The molecule has 0 aliphatic carbocycles. The molecule has 0 aliphatic rings. The van der Waals surface area contributed by atoms with Crippen LogP contribution in [0.4, 0.5) is 35.1 Å². The van der Waals surface area contributed by atoms with Gasteiger partial charge >= 0.3 is 30.3 Å². The smallest absolute Gasteiger partial charge is 0.460 e. The van der Waals surface area contributed by atoms with Crippen molar-refractivity contribution in [1.82, 2.24) is 0 Å². The van der Waals surface area contributed by atoms with Crippen molar-refractivity contribution in [1.29, 1.82) is 0 Å². The van der Waals surface area contributed by atoms with Gasteiger partial charge in [0.25, 0.3) is 0 Å². The van der Waals surface area contributed by atoms with Crippen LogP contribution in [0.15, 0.2) is 48.5 Å². The maximum absolute atomic E-state index is 13.6. The third kappa shape index (κ3) is 8.22. The number of carbonyl (C=O) groups excluding carboxylic acids is 1. The van der Waals surface area contributed by atoms with Crippen molar-refractivity contribution in [3.8, 4) is 17.2 Å². The van der Waals surface area contributed by atoms with Crippen LogP contribution >= 0.6 is 0 Å². The molecule has 0 aliphatic heterocycles. The fraction of sp³-hybridized carbons (Fsp3) is 0.480. The molecule has 37 heavy (non-hydrogen) atoms. The lowest BCUT2D eigenvalue weighted by Gasteiger charge is -2.30. The lowest BCUT2D eigenvalue weighted by atomic mass is 10.1. The first-order chi connectivity index (χ1) is 17.3. The van der Waals surface area contributed by atoms with Crippen molar-refractivity contribution < 1.29 is 54.1 Å². The van der Waals surface area contributed by atoms with E-state index >= 15 is 0 Å². The SMILES string of the molecule is CCCCCCCCOc1ccc(C(=O)Oc2ccc(OC(F)C(F)(F)C(F)(F)C(F)(F)F)cc2)cc1. The molecule has 0 amide bonds. The molecule has 206 valence electrons. The Kier molecular flexibility index (Phi) is 10.6. The lowest BCUT2D eigenvalue weighted by molar-refractivity contribution is -0.379. The number of benzene rings is 2. The Morgan fingerprint density at radius 3 is 1.84 bits per heavy atom. The number of unbranched alkanes of at least 4 members (excludes halogenated alkanes) is 5. The van der Waals surface area contributed by atoms with E-state index < -0.39 is 36.1 Å². The topological polar surface area (TPSA) is 44.8 Å². The van der Waals surface area contributed by atoms with Gasteiger partial charge in [0.15, 0.2) is 0 Å². The summed E-state index contributed by atoms with van der Waals surface area (Å²) in [6, 6.07) is 9.48. The fourth-order valence-electron chi connectivity index (χ4n) is 3.04. The minimum absolute atomic E-state index is 0.144. The highest BCUT2D eigenvalue weighted by Crippen LogP contribution is 2.49. The largest absolute Gasteiger partial charge is 0.494 e. The molecule has 4 nitrogen and oxygen atoms in total. The van der Waals surface area contributed by atoms with Crippen LogP contribution in [0.5, 0.6) is 17.2 Å². The Morgan fingerprint density at radius 1 is 0.757 bits per heavy atom. The predicted octanol–water partition coefficient (Wildman–Crippen LogP) is 8.15. The zero-order valence-electron chi connectivity index (χ0n) is 19.8. The second-order valence-corrected chi connectivity index (χ2v) is 8.13. The molecule has 0 bridgehead atoms. The summed E-state index contributed by atoms with van der Waals surface area (Å²) < 4.78 is 117. The quantitative estimate of drug-likeness (QED) is 0.105. The van der Waals surface area contributed by atoms with E-state index in [9.17, 15) is 39.9 Å². The van der Waals surface area contributed by atoms with Gasteiger partial charge < -0.3 is 14.2 Å². The van der Waals surface area contributed by atoms with Crippen LogP contribution in [0.25, 0.3) is 0 Å². The number of esters is 1. The number of rotatable bonds is 14. The number of halogens is 8. The van der Waals surface area contributed by atoms with Crippen LogP contribution in [-0.4, -0.2) is 37.0 Å². The maximum atomic E-state index is 13.6. The summed E-state index contributed by atoms with van der Waals surface area (Å²) in [5.41, 5.74) is 0.144. The lowest BCUT2D eigenvalue weighted by Crippen LogP contribution is -2.58. The van der Waals surface area contributed by atoms with Crippen LogP contribution in [0.1, 0.15) is 55.8 Å². The van der Waals surface area contributed by atoms with Crippen LogP contribution in [0.3, 0.4) is 0 Å². The van der Waals surface area contributed by atoms with Gasteiger partial charge in [-0.25, -0.2) is 4.79 Å². The second kappa shape index (κ2) is 13.0. The first-order valence-electron chi connectivity index (χ1n) is 11.5. The molecule has 0 aromatic heterocycles. The minimum Gasteiger partial charge on any atom is -0.494 e. The van der Waals surface area contributed by atoms with E-state index in [0.29, 0.717) is 12.4 Å². The highest BCUT2D eigenvalue weighted by Gasteiger charge is 2.77. The number of hydrogen-bond acceptors (Lipinski definition) is 4. The van der Waals surface area contributed by atoms with Crippen molar-refractivity contribution >= 4 is 5.97 Å². The Morgan fingerprint density at radius 2 is 1.27 bits per heavy atom. The summed E-state index contributed by atoms with van der Waals surface area (Å²) in [6.45, 7) is 2.67. The predicted molar refractivity (Wildman–Crippen MR) is 118 cm³/mol. The Balaban J connectivity index is 1.87. The number of ether oxygens (including phenoxy) is 3. The van der Waals surface area contributed by atoms with Crippen molar-refractivity contribution in [2.24, 2.45) is 0 Å². The summed E-state index contributed by atoms with van der Waals surface area (Å²) in [4.78, 5) is 12.3. The van der Waals surface area contributed by atoms with E-state index in [2.05, 4.69) is 11.7 Å². The highest BCUT2D eigenvalue weighted by molar-refractivity contribution is 5.91. The summed E-state index contributed by atoms with van der Waals surface area (Å²) in [5.74, 6) is -14.1. The molecule has 0 heterocycles. The van der Waals surface area contributed by atoms with E-state index in [-0.39, 0.29) is 11.3 Å². The van der Waals surface area contributed by atoms with Crippen molar-refractivity contribution in [3.63, 3.8) is 0 Å². The standard InChI is InChI=1S/C25H26F8O4/c1-2-3-4-5-6-7-16-35-18-10-8-17(9-11-18)21(34)36-19-12-14-20(15-13-19)37-22(26)23(27,28)24(29,30)25(31,32)33/h8-15,22H,2-7,16H2,1H3. The minimum atomic E-state index is -6.69. The molecule has 2 rings (SSSR count). The molecule has 0 fully saturated rings. The summed E-state index contributed by atoms with van der Waals surface area (Å²) in [6.07, 6.45) is -4.33. The molecular weight excluding hydrogens is 516 g/mol. The molecule has 1 atom stereocenters. The van der Waals surface area contributed by atoms with Gasteiger partial charge in [-0.1, -0.05) is 39.0 Å². The monoisotopic (exact) mass is 542 g/mol. The van der Waals surface area contributed by atoms with Gasteiger partial charge in [0.2, 0.25) is 0 Å². The molecule has 12 heteroatoms. The molecule has 0 spiro atoms. The Bertz CT molecular complexity index is 976.